The van der Waals surface area contributed by atoms with E-state index in [2.05, 4.69) is 9.55 Å². The van der Waals surface area contributed by atoms with E-state index in [1.165, 1.54) is 0 Å². The van der Waals surface area contributed by atoms with Gasteiger partial charge in [-0.15, -0.1) is 0 Å². The van der Waals surface area contributed by atoms with Gasteiger partial charge in [-0.1, -0.05) is 0 Å². The number of fused-ring (bicyclic) bond motifs is 1. The zero-order valence-electron chi connectivity index (χ0n) is 11.9. The molecule has 1 unspecified atom stereocenters. The smallest absolute Gasteiger partial charge is 0.335 e. The number of aromatic carboxylic acids is 1. The molecule has 0 saturated carbocycles. The van der Waals surface area contributed by atoms with Gasteiger partial charge in [0.05, 0.1) is 29.2 Å². The van der Waals surface area contributed by atoms with Crippen molar-refractivity contribution in [2.75, 3.05) is 13.7 Å². The molecule has 6 nitrogen and oxygen atoms in total. The number of carboxylic acid groups (broad SMARTS) is 1. The van der Waals surface area contributed by atoms with Gasteiger partial charge in [0.25, 0.3) is 0 Å². The fourth-order valence-electron chi connectivity index (χ4n) is 2.75. The molecule has 3 rings (SSSR count). The van der Waals surface area contributed by atoms with Gasteiger partial charge in [0.1, 0.15) is 12.4 Å². The average Bonchev–Trinajstić information content (AvgIpc) is 3.08. The topological polar surface area (TPSA) is 73.6 Å². The first-order chi connectivity index (χ1) is 10.2. The molecule has 112 valence electrons. The molecule has 1 atom stereocenters. The second-order valence-corrected chi connectivity index (χ2v) is 5.22. The second-order valence-electron chi connectivity index (χ2n) is 5.22. The van der Waals surface area contributed by atoms with Gasteiger partial charge < -0.3 is 19.1 Å². The number of hydrogen-bond acceptors (Lipinski definition) is 4. The van der Waals surface area contributed by atoms with Crippen LogP contribution in [0.3, 0.4) is 0 Å². The quantitative estimate of drug-likeness (QED) is 0.912. The summed E-state index contributed by atoms with van der Waals surface area (Å²) in [5, 5.41) is 9.07. The molecule has 0 bridgehead atoms. The number of nitrogens with zero attached hydrogens (tertiary/aromatic N) is 2. The van der Waals surface area contributed by atoms with Crippen LogP contribution in [0, 0.1) is 0 Å². The Morgan fingerprint density at radius 2 is 2.43 bits per heavy atom. The van der Waals surface area contributed by atoms with Crippen LogP contribution < -0.4 is 0 Å². The maximum Gasteiger partial charge on any atom is 0.335 e. The number of carboxylic acids is 1. The Balaban J connectivity index is 2.01. The Morgan fingerprint density at radius 1 is 1.57 bits per heavy atom. The summed E-state index contributed by atoms with van der Waals surface area (Å²) in [4.78, 5) is 15.6. The third kappa shape index (κ3) is 2.77. The van der Waals surface area contributed by atoms with Crippen LogP contribution in [-0.2, 0) is 22.6 Å². The first-order valence-electron chi connectivity index (χ1n) is 7.02. The van der Waals surface area contributed by atoms with Crippen LogP contribution in [0.2, 0.25) is 0 Å². The second kappa shape index (κ2) is 5.83. The summed E-state index contributed by atoms with van der Waals surface area (Å²) in [6.45, 7) is 1.92. The minimum absolute atomic E-state index is 0.192. The van der Waals surface area contributed by atoms with Crippen LogP contribution >= 0.6 is 0 Å². The maximum atomic E-state index is 11.1. The van der Waals surface area contributed by atoms with E-state index >= 15 is 0 Å². The fraction of sp³-hybridized carbons (Fsp3) is 0.467. The third-order valence-electron chi connectivity index (χ3n) is 3.76. The van der Waals surface area contributed by atoms with Crippen molar-refractivity contribution in [2.45, 2.75) is 32.1 Å². The third-order valence-corrected chi connectivity index (χ3v) is 3.76. The molecule has 0 aliphatic carbocycles. The van der Waals surface area contributed by atoms with Crippen molar-refractivity contribution in [3.8, 4) is 0 Å². The summed E-state index contributed by atoms with van der Waals surface area (Å²) in [7, 11) is 1.62. The summed E-state index contributed by atoms with van der Waals surface area (Å²) < 4.78 is 13.0. The van der Waals surface area contributed by atoms with Crippen molar-refractivity contribution in [3.63, 3.8) is 0 Å². The zero-order valence-corrected chi connectivity index (χ0v) is 11.9. The van der Waals surface area contributed by atoms with E-state index in [1.54, 1.807) is 25.3 Å². The van der Waals surface area contributed by atoms with Gasteiger partial charge in [-0.05, 0) is 31.0 Å². The highest BCUT2D eigenvalue weighted by atomic mass is 16.5. The molecule has 2 aromatic rings. The van der Waals surface area contributed by atoms with Crippen LogP contribution in [0.4, 0.5) is 0 Å². The number of rotatable bonds is 5. The monoisotopic (exact) mass is 290 g/mol. The van der Waals surface area contributed by atoms with Crippen LogP contribution in [0.1, 0.15) is 29.0 Å². The molecule has 0 spiro atoms. The summed E-state index contributed by atoms with van der Waals surface area (Å²) in [5.74, 6) is -0.149. The molecule has 1 N–H and O–H groups in total. The molecule has 0 radical (unpaired) electrons. The predicted molar refractivity (Wildman–Crippen MR) is 76.4 cm³/mol. The Labute approximate surface area is 122 Å². The van der Waals surface area contributed by atoms with Crippen LogP contribution in [0.5, 0.6) is 0 Å². The van der Waals surface area contributed by atoms with E-state index in [0.717, 1.165) is 37.3 Å². The van der Waals surface area contributed by atoms with Gasteiger partial charge in [0.15, 0.2) is 0 Å². The maximum absolute atomic E-state index is 11.1. The number of hydrogen-bond donors (Lipinski definition) is 1. The van der Waals surface area contributed by atoms with E-state index < -0.39 is 5.97 Å². The van der Waals surface area contributed by atoms with Crippen molar-refractivity contribution in [1.29, 1.82) is 0 Å². The van der Waals surface area contributed by atoms with Gasteiger partial charge >= 0.3 is 5.97 Å². The van der Waals surface area contributed by atoms with Crippen molar-refractivity contribution in [3.05, 3.63) is 29.6 Å². The molecule has 1 aliphatic heterocycles. The number of aromatic nitrogens is 2. The summed E-state index contributed by atoms with van der Waals surface area (Å²) >= 11 is 0. The molecule has 1 aromatic heterocycles. The van der Waals surface area contributed by atoms with Crippen LogP contribution in [-0.4, -0.2) is 40.4 Å². The zero-order chi connectivity index (χ0) is 14.8. The number of benzene rings is 1. The summed E-state index contributed by atoms with van der Waals surface area (Å²) in [5.41, 5.74) is 1.84. The molecular formula is C15H18N2O4. The highest BCUT2D eigenvalue weighted by Crippen LogP contribution is 2.22. The number of methoxy groups -OCH3 is 1. The van der Waals surface area contributed by atoms with Gasteiger partial charge in [0, 0.05) is 13.7 Å². The highest BCUT2D eigenvalue weighted by molar-refractivity contribution is 5.92. The lowest BCUT2D eigenvalue weighted by Gasteiger charge is -2.13. The molecule has 21 heavy (non-hydrogen) atoms. The van der Waals surface area contributed by atoms with E-state index in [-0.39, 0.29) is 11.7 Å². The lowest BCUT2D eigenvalue weighted by Crippen LogP contribution is -2.17. The van der Waals surface area contributed by atoms with Crippen molar-refractivity contribution in [1.82, 2.24) is 9.55 Å². The van der Waals surface area contributed by atoms with E-state index in [9.17, 15) is 4.79 Å². The van der Waals surface area contributed by atoms with Crippen molar-refractivity contribution >= 4 is 17.0 Å². The molecule has 1 aromatic carbocycles. The van der Waals surface area contributed by atoms with E-state index in [1.807, 2.05) is 0 Å². The minimum Gasteiger partial charge on any atom is -0.478 e. The van der Waals surface area contributed by atoms with Gasteiger partial charge in [-0.2, -0.15) is 0 Å². The molecule has 1 aliphatic rings. The highest BCUT2D eigenvalue weighted by Gasteiger charge is 2.20. The van der Waals surface area contributed by atoms with Crippen LogP contribution in [0.15, 0.2) is 18.2 Å². The fourth-order valence-corrected chi connectivity index (χ4v) is 2.75. The van der Waals surface area contributed by atoms with E-state index in [4.69, 9.17) is 14.6 Å². The SMILES string of the molecule is COCc1nc2cc(C(=O)O)ccc2n1CC1CCCO1. The number of imidazole rings is 1. The molecule has 0 amide bonds. The normalized spacial score (nSPS) is 18.4. The summed E-state index contributed by atoms with van der Waals surface area (Å²) in [6, 6.07) is 5.01. The molecule has 1 fully saturated rings. The lowest BCUT2D eigenvalue weighted by molar-refractivity contribution is 0.0697. The van der Waals surface area contributed by atoms with E-state index in [0.29, 0.717) is 12.1 Å². The standard InChI is InChI=1S/C15H18N2O4/c1-20-9-14-16-12-7-10(15(18)19)4-5-13(12)17(14)8-11-3-2-6-21-11/h4-5,7,11H,2-3,6,8-9H2,1H3,(H,18,19). The Bertz CT molecular complexity index is 659. The van der Waals surface area contributed by atoms with Crippen molar-refractivity contribution < 1.29 is 19.4 Å². The van der Waals surface area contributed by atoms with Gasteiger partial charge in [0.2, 0.25) is 0 Å². The van der Waals surface area contributed by atoms with Crippen molar-refractivity contribution in [2.24, 2.45) is 0 Å². The Morgan fingerprint density at radius 3 is 3.10 bits per heavy atom. The first-order valence-corrected chi connectivity index (χ1v) is 7.02. The number of ether oxygens (including phenoxy) is 2. The lowest BCUT2D eigenvalue weighted by atomic mass is 10.2. The predicted octanol–water partition coefficient (Wildman–Crippen LogP) is 2.06. The molecular weight excluding hydrogens is 272 g/mol. The summed E-state index contributed by atoms with van der Waals surface area (Å²) in [6.07, 6.45) is 2.32. The van der Waals surface area contributed by atoms with Crippen LogP contribution in [0.25, 0.3) is 11.0 Å². The first kappa shape index (κ1) is 14.0. The minimum atomic E-state index is -0.945. The Kier molecular flexibility index (Phi) is 3.90. The molecule has 1 saturated heterocycles. The molecule has 2 heterocycles. The Hall–Kier alpha value is -1.92. The van der Waals surface area contributed by atoms with Gasteiger partial charge in [-0.3, -0.25) is 0 Å². The number of carbonyl (C=O) groups is 1. The molecule has 6 heteroatoms. The average molecular weight is 290 g/mol. The largest absolute Gasteiger partial charge is 0.478 e. The van der Waals surface area contributed by atoms with Gasteiger partial charge in [-0.25, -0.2) is 9.78 Å².